The predicted octanol–water partition coefficient (Wildman–Crippen LogP) is 9.05. The second-order valence-corrected chi connectivity index (χ2v) is 25.3. The fraction of sp³-hybridized carbons (Fsp3) is 0.926. The molecule has 0 aromatic heterocycles. The number of nitrogens with one attached hydrogen (secondary N) is 1. The smallest absolute Gasteiger partial charge is 0.220 e. The van der Waals surface area contributed by atoms with Crippen LogP contribution in [0.1, 0.15) is 271 Å². The van der Waals surface area contributed by atoms with Crippen LogP contribution in [-0.2, 0) is 33.2 Å². The second kappa shape index (κ2) is 50.8. The predicted molar refractivity (Wildman–Crippen MR) is 337 cm³/mol. The molecule has 3 heterocycles. The molecule has 3 fully saturated rings. The quantitative estimate of drug-likeness (QED) is 0.0200. The van der Waals surface area contributed by atoms with Crippen LogP contribution >= 0.6 is 0 Å². The van der Waals surface area contributed by atoms with Crippen molar-refractivity contribution < 1.29 is 89.4 Å². The number of aliphatic hydroxyl groups is 11. The fourth-order valence-corrected chi connectivity index (χ4v) is 12.0. The first-order chi connectivity index (χ1) is 42.3. The number of rotatable bonds is 54. The van der Waals surface area contributed by atoms with Crippen LogP contribution in [0, 0.1) is 0 Å². The Morgan fingerprint density at radius 3 is 1.15 bits per heavy atom. The number of carbonyl (C=O) groups is 1. The summed E-state index contributed by atoms with van der Waals surface area (Å²) in [7, 11) is 0. The van der Waals surface area contributed by atoms with Gasteiger partial charge in [-0.2, -0.15) is 0 Å². The molecule has 87 heavy (non-hydrogen) atoms. The van der Waals surface area contributed by atoms with Crippen LogP contribution in [0.3, 0.4) is 0 Å². The van der Waals surface area contributed by atoms with Gasteiger partial charge in [0.2, 0.25) is 5.91 Å². The minimum atomic E-state index is -1.98. The van der Waals surface area contributed by atoms with Gasteiger partial charge in [-0.05, 0) is 32.1 Å². The Labute approximate surface area is 524 Å². The van der Waals surface area contributed by atoms with E-state index in [1.54, 1.807) is 6.08 Å². The first kappa shape index (κ1) is 79.5. The summed E-state index contributed by atoms with van der Waals surface area (Å²) in [4.78, 5) is 13.4. The van der Waals surface area contributed by atoms with Gasteiger partial charge >= 0.3 is 0 Å². The van der Waals surface area contributed by atoms with Gasteiger partial charge in [-0.1, -0.05) is 256 Å². The molecule has 512 valence electrons. The van der Waals surface area contributed by atoms with Crippen molar-refractivity contribution in [3.8, 4) is 0 Å². The molecule has 19 nitrogen and oxygen atoms in total. The Morgan fingerprint density at radius 1 is 0.402 bits per heavy atom. The van der Waals surface area contributed by atoms with E-state index in [0.29, 0.717) is 12.8 Å². The van der Waals surface area contributed by atoms with Crippen LogP contribution in [0.5, 0.6) is 0 Å². The van der Waals surface area contributed by atoms with Crippen molar-refractivity contribution >= 4 is 5.91 Å². The maximum Gasteiger partial charge on any atom is 0.220 e. The summed E-state index contributed by atoms with van der Waals surface area (Å²) >= 11 is 0. The van der Waals surface area contributed by atoms with Crippen molar-refractivity contribution in [2.75, 3.05) is 26.4 Å². The van der Waals surface area contributed by atoms with Crippen LogP contribution in [0.15, 0.2) is 24.3 Å². The van der Waals surface area contributed by atoms with E-state index < -0.39 is 124 Å². The Morgan fingerprint density at radius 2 is 0.736 bits per heavy atom. The standard InChI is InChI=1S/C68H127NO18/c1-3-5-7-9-11-13-15-17-19-21-23-24-25-26-28-29-31-33-35-37-39-41-43-45-52(73)51(69-56(74)46-44-42-40-38-36-34-32-30-27-22-20-18-16-14-12-10-8-6-4-2)50-82-66-62(80)59(77)64(54(48-71)84-66)87-68-63(81)60(78)65(55(49-72)85-68)86-67-61(79)58(76)57(75)53(47-70)83-67/h35,37,43,45,51-55,57-68,70-73,75-81H,3-34,36,38-42,44,46-50H2,1-2H3,(H,69,74)/b37-35+,45-43+. The summed E-state index contributed by atoms with van der Waals surface area (Å²) < 4.78 is 34.3. The van der Waals surface area contributed by atoms with Gasteiger partial charge in [0.05, 0.1) is 38.6 Å². The molecule has 19 heteroatoms. The average Bonchev–Trinajstić information content (AvgIpc) is 2.37. The molecule has 0 aliphatic carbocycles. The van der Waals surface area contributed by atoms with E-state index in [0.717, 1.165) is 38.5 Å². The Balaban J connectivity index is 1.45. The first-order valence-corrected chi connectivity index (χ1v) is 35.1. The Hall–Kier alpha value is -1.73. The van der Waals surface area contributed by atoms with Crippen molar-refractivity contribution in [2.24, 2.45) is 0 Å². The van der Waals surface area contributed by atoms with Gasteiger partial charge in [-0.15, -0.1) is 0 Å². The molecule has 3 aliphatic heterocycles. The van der Waals surface area contributed by atoms with Crippen molar-refractivity contribution in [2.45, 2.75) is 375 Å². The van der Waals surface area contributed by atoms with E-state index in [9.17, 15) is 61.0 Å². The molecule has 12 N–H and O–H groups in total. The molecule has 3 saturated heterocycles. The van der Waals surface area contributed by atoms with Gasteiger partial charge in [0.25, 0.3) is 0 Å². The summed E-state index contributed by atoms with van der Waals surface area (Å²) in [6, 6.07) is -0.986. The third-order valence-corrected chi connectivity index (χ3v) is 17.8. The first-order valence-electron chi connectivity index (χ1n) is 35.1. The van der Waals surface area contributed by atoms with Gasteiger partial charge in [0.15, 0.2) is 18.9 Å². The molecule has 0 saturated carbocycles. The maximum atomic E-state index is 13.4. The number of hydrogen-bond donors (Lipinski definition) is 12. The van der Waals surface area contributed by atoms with E-state index in [1.165, 1.54) is 199 Å². The fourth-order valence-electron chi connectivity index (χ4n) is 12.0. The van der Waals surface area contributed by atoms with Crippen LogP contribution in [0.25, 0.3) is 0 Å². The number of aliphatic hydroxyl groups excluding tert-OH is 11. The molecule has 0 bridgehead atoms. The minimum absolute atomic E-state index is 0.241. The topological polar surface area (TPSA) is 307 Å². The van der Waals surface area contributed by atoms with E-state index in [-0.39, 0.29) is 18.9 Å². The van der Waals surface area contributed by atoms with Crippen LogP contribution in [0.2, 0.25) is 0 Å². The summed E-state index contributed by atoms with van der Waals surface area (Å²) in [5, 5.41) is 120. The zero-order chi connectivity index (χ0) is 63.3. The summed E-state index contributed by atoms with van der Waals surface area (Å²) in [6.07, 6.45) is 30.1. The molecular weight excluding hydrogens is 1120 g/mol. The largest absolute Gasteiger partial charge is 0.394 e. The lowest BCUT2D eigenvalue weighted by Crippen LogP contribution is -2.66. The highest BCUT2D eigenvalue weighted by atomic mass is 16.8. The monoisotopic (exact) mass is 1250 g/mol. The van der Waals surface area contributed by atoms with E-state index >= 15 is 0 Å². The second-order valence-electron chi connectivity index (χ2n) is 25.3. The highest BCUT2D eigenvalue weighted by Crippen LogP contribution is 2.33. The number of hydrogen-bond acceptors (Lipinski definition) is 18. The van der Waals surface area contributed by atoms with Crippen LogP contribution in [0.4, 0.5) is 0 Å². The van der Waals surface area contributed by atoms with Crippen molar-refractivity contribution in [1.29, 1.82) is 0 Å². The van der Waals surface area contributed by atoms with E-state index in [4.69, 9.17) is 28.4 Å². The van der Waals surface area contributed by atoms with Gasteiger partial charge in [0.1, 0.15) is 73.2 Å². The summed E-state index contributed by atoms with van der Waals surface area (Å²) in [5.74, 6) is -0.280. The zero-order valence-electron chi connectivity index (χ0n) is 54.0. The lowest BCUT2D eigenvalue weighted by Gasteiger charge is -2.48. The molecule has 0 aromatic rings. The molecule has 0 radical (unpaired) electrons. The van der Waals surface area contributed by atoms with Crippen molar-refractivity contribution in [3.63, 3.8) is 0 Å². The Kier molecular flexibility index (Phi) is 46.4. The summed E-state index contributed by atoms with van der Waals surface area (Å²) in [5.41, 5.74) is 0. The van der Waals surface area contributed by atoms with Gasteiger partial charge in [-0.25, -0.2) is 0 Å². The number of allylic oxidation sites excluding steroid dienone is 3. The van der Waals surface area contributed by atoms with Gasteiger partial charge in [-0.3, -0.25) is 4.79 Å². The third kappa shape index (κ3) is 33.1. The van der Waals surface area contributed by atoms with E-state index in [1.807, 2.05) is 6.08 Å². The number of unbranched alkanes of at least 4 members (excludes halogenated alkanes) is 36. The molecular formula is C68H127NO18. The minimum Gasteiger partial charge on any atom is -0.394 e. The highest BCUT2D eigenvalue weighted by molar-refractivity contribution is 5.76. The van der Waals surface area contributed by atoms with Crippen LogP contribution in [-0.4, -0.2) is 193 Å². The molecule has 0 aromatic carbocycles. The third-order valence-electron chi connectivity index (χ3n) is 17.8. The lowest BCUT2D eigenvalue weighted by molar-refractivity contribution is -0.379. The SMILES string of the molecule is CCCCCCCCCCCCCCCCCCC/C=C/CC/C=C/C(O)C(COC1OC(CO)C(OC2OC(CO)C(OC3OC(CO)C(O)C(O)C3O)C(O)C2O)C(O)C1O)NC(=O)CCCCCCCCCCCCCCCCCCCCC. The lowest BCUT2D eigenvalue weighted by atomic mass is 9.96. The van der Waals surface area contributed by atoms with E-state index in [2.05, 4.69) is 31.3 Å². The molecule has 17 unspecified atom stereocenters. The number of carbonyl (C=O) groups excluding carboxylic acids is 1. The average molecular weight is 1250 g/mol. The highest BCUT2D eigenvalue weighted by Gasteiger charge is 2.53. The Bertz CT molecular complexity index is 1680. The van der Waals surface area contributed by atoms with Gasteiger partial charge in [0, 0.05) is 6.42 Å². The molecule has 3 rings (SSSR count). The number of ether oxygens (including phenoxy) is 6. The zero-order valence-corrected chi connectivity index (χ0v) is 54.0. The van der Waals surface area contributed by atoms with Gasteiger partial charge < -0.3 is 89.9 Å². The molecule has 3 aliphatic rings. The molecule has 0 spiro atoms. The normalized spacial score (nSPS) is 28.7. The molecule has 17 atom stereocenters. The molecule has 1 amide bonds. The summed E-state index contributed by atoms with van der Waals surface area (Å²) in [6.45, 7) is 1.75. The van der Waals surface area contributed by atoms with Crippen molar-refractivity contribution in [3.05, 3.63) is 24.3 Å². The van der Waals surface area contributed by atoms with Crippen LogP contribution < -0.4 is 5.32 Å². The van der Waals surface area contributed by atoms with Crippen molar-refractivity contribution in [1.82, 2.24) is 5.32 Å². The number of amides is 1. The maximum absolute atomic E-state index is 13.4.